The van der Waals surface area contributed by atoms with Gasteiger partial charge in [0.15, 0.2) is 0 Å². The molecular weight excluding hydrogens is 242 g/mol. The maximum atomic E-state index is 5.50. The van der Waals surface area contributed by atoms with Crippen molar-refractivity contribution in [2.24, 2.45) is 0 Å². The van der Waals surface area contributed by atoms with Crippen LogP contribution in [0.15, 0.2) is 24.3 Å². The fourth-order valence-electron chi connectivity index (χ4n) is 2.25. The van der Waals surface area contributed by atoms with E-state index in [1.165, 1.54) is 16.9 Å². The van der Waals surface area contributed by atoms with E-state index in [9.17, 15) is 0 Å². The molecule has 0 bridgehead atoms. The molecule has 0 saturated heterocycles. The van der Waals surface area contributed by atoms with Gasteiger partial charge >= 0.3 is 0 Å². The Kier molecular flexibility index (Phi) is 6.05. The number of nitrogens with one attached hydrogen (secondary N) is 1. The van der Waals surface area contributed by atoms with E-state index in [0.29, 0.717) is 6.04 Å². The van der Waals surface area contributed by atoms with Crippen LogP contribution in [-0.2, 0) is 10.5 Å². The largest absolute Gasteiger partial charge is 0.381 e. The second-order valence-electron chi connectivity index (χ2n) is 4.69. The number of ether oxygens (including phenoxy) is 1. The highest BCUT2D eigenvalue weighted by molar-refractivity contribution is 7.98. The molecule has 0 saturated carbocycles. The summed E-state index contributed by atoms with van der Waals surface area (Å²) >= 11 is 2.02. The molecule has 0 radical (unpaired) electrons. The summed E-state index contributed by atoms with van der Waals surface area (Å²) < 4.78 is 5.50. The van der Waals surface area contributed by atoms with Gasteiger partial charge < -0.3 is 10.1 Å². The molecule has 1 N–H and O–H groups in total. The molecular formula is C15H23NOS. The van der Waals surface area contributed by atoms with E-state index in [1.54, 1.807) is 0 Å². The lowest BCUT2D eigenvalue weighted by Gasteiger charge is -2.26. The third kappa shape index (κ3) is 4.01. The predicted octanol–water partition coefficient (Wildman–Crippen LogP) is 3.38. The van der Waals surface area contributed by atoms with E-state index in [1.807, 2.05) is 11.8 Å². The minimum absolute atomic E-state index is 0.520. The molecule has 3 heteroatoms. The Morgan fingerprint density at radius 1 is 1.33 bits per heavy atom. The minimum atomic E-state index is 0.520. The van der Waals surface area contributed by atoms with Gasteiger partial charge in [-0.1, -0.05) is 31.2 Å². The highest BCUT2D eigenvalue weighted by Gasteiger charge is 2.18. The smallest absolute Gasteiger partial charge is 0.0478 e. The number of rotatable bonds is 7. The molecule has 1 aromatic carbocycles. The fraction of sp³-hybridized carbons (Fsp3) is 0.600. The first-order valence-electron chi connectivity index (χ1n) is 6.88. The molecule has 0 aromatic heterocycles. The van der Waals surface area contributed by atoms with E-state index in [4.69, 9.17) is 4.74 Å². The Morgan fingerprint density at radius 2 is 2.22 bits per heavy atom. The normalized spacial score (nSPS) is 18.6. The molecule has 1 heterocycles. The summed E-state index contributed by atoms with van der Waals surface area (Å²) in [6.07, 6.45) is 2.21. The molecule has 100 valence electrons. The lowest BCUT2D eigenvalue weighted by Crippen LogP contribution is -2.28. The van der Waals surface area contributed by atoms with Crippen LogP contribution in [0.4, 0.5) is 0 Å². The molecule has 18 heavy (non-hydrogen) atoms. The number of benzene rings is 1. The van der Waals surface area contributed by atoms with Crippen molar-refractivity contribution >= 4 is 11.8 Å². The molecule has 2 nitrogen and oxygen atoms in total. The van der Waals surface area contributed by atoms with Crippen molar-refractivity contribution < 1.29 is 4.74 Å². The zero-order valence-electron chi connectivity index (χ0n) is 11.2. The summed E-state index contributed by atoms with van der Waals surface area (Å²) in [5.41, 5.74) is 2.99. The van der Waals surface area contributed by atoms with E-state index >= 15 is 0 Å². The molecule has 0 amide bonds. The molecule has 1 aliphatic heterocycles. The molecule has 0 aliphatic carbocycles. The molecule has 0 spiro atoms. The number of hydrogen-bond donors (Lipinski definition) is 1. The quantitative estimate of drug-likeness (QED) is 0.764. The van der Waals surface area contributed by atoms with Crippen molar-refractivity contribution in [2.75, 3.05) is 25.5 Å². The number of fused-ring (bicyclic) bond motifs is 1. The Morgan fingerprint density at radius 3 is 3.11 bits per heavy atom. The second-order valence-corrected chi connectivity index (χ2v) is 5.72. The monoisotopic (exact) mass is 265 g/mol. The van der Waals surface area contributed by atoms with Gasteiger partial charge in [-0.15, -0.1) is 0 Å². The van der Waals surface area contributed by atoms with Gasteiger partial charge in [0, 0.05) is 30.8 Å². The van der Waals surface area contributed by atoms with E-state index in [0.717, 1.165) is 38.4 Å². The van der Waals surface area contributed by atoms with Crippen LogP contribution < -0.4 is 5.32 Å². The van der Waals surface area contributed by atoms with Crippen LogP contribution in [0, 0.1) is 0 Å². The molecule has 1 aliphatic rings. The minimum Gasteiger partial charge on any atom is -0.381 e. The van der Waals surface area contributed by atoms with Crippen LogP contribution in [0.2, 0.25) is 0 Å². The Hall–Kier alpha value is -0.510. The lowest BCUT2D eigenvalue weighted by molar-refractivity contribution is 0.132. The fourth-order valence-corrected chi connectivity index (χ4v) is 3.38. The lowest BCUT2D eigenvalue weighted by atomic mass is 10.0. The van der Waals surface area contributed by atoms with Gasteiger partial charge in [0.1, 0.15) is 0 Å². The summed E-state index contributed by atoms with van der Waals surface area (Å²) in [5, 5.41) is 3.65. The van der Waals surface area contributed by atoms with Crippen molar-refractivity contribution in [3.05, 3.63) is 35.4 Å². The highest BCUT2D eigenvalue weighted by atomic mass is 32.2. The predicted molar refractivity (Wildman–Crippen MR) is 79.1 cm³/mol. The van der Waals surface area contributed by atoms with Gasteiger partial charge in [-0.2, -0.15) is 11.8 Å². The molecule has 1 unspecified atom stereocenters. The summed E-state index contributed by atoms with van der Waals surface area (Å²) in [5.74, 6) is 2.35. The van der Waals surface area contributed by atoms with E-state index in [2.05, 4.69) is 36.5 Å². The molecule has 0 fully saturated rings. The molecule has 2 rings (SSSR count). The van der Waals surface area contributed by atoms with Crippen molar-refractivity contribution in [1.29, 1.82) is 0 Å². The van der Waals surface area contributed by atoms with Crippen molar-refractivity contribution in [3.8, 4) is 0 Å². The second kappa shape index (κ2) is 7.82. The Bertz CT molecular complexity index is 356. The molecule has 1 aromatic rings. The standard InChI is InChI=1S/C15H23NOS/c1-2-9-17-10-5-8-16-15-12-18-11-13-6-3-4-7-14(13)15/h3-4,6-7,15-16H,2,5,8-12H2,1H3. The van der Waals surface area contributed by atoms with Gasteiger partial charge in [-0.05, 0) is 30.5 Å². The number of thioether (sulfide) groups is 1. The zero-order chi connectivity index (χ0) is 12.6. The third-order valence-electron chi connectivity index (χ3n) is 3.18. The van der Waals surface area contributed by atoms with Gasteiger partial charge in [0.2, 0.25) is 0 Å². The number of hydrogen-bond acceptors (Lipinski definition) is 3. The third-order valence-corrected chi connectivity index (χ3v) is 4.26. The van der Waals surface area contributed by atoms with Gasteiger partial charge in [-0.3, -0.25) is 0 Å². The van der Waals surface area contributed by atoms with Crippen LogP contribution >= 0.6 is 11.8 Å². The average Bonchev–Trinajstić information content (AvgIpc) is 2.43. The van der Waals surface area contributed by atoms with Crippen molar-refractivity contribution in [2.45, 2.75) is 31.6 Å². The van der Waals surface area contributed by atoms with E-state index < -0.39 is 0 Å². The van der Waals surface area contributed by atoms with Gasteiger partial charge in [0.25, 0.3) is 0 Å². The first-order valence-corrected chi connectivity index (χ1v) is 8.04. The maximum absolute atomic E-state index is 5.50. The first kappa shape index (κ1) is 13.9. The van der Waals surface area contributed by atoms with E-state index in [-0.39, 0.29) is 0 Å². The first-order chi connectivity index (χ1) is 8.92. The Labute approximate surface area is 114 Å². The summed E-state index contributed by atoms with van der Waals surface area (Å²) in [7, 11) is 0. The Balaban J connectivity index is 1.74. The van der Waals surface area contributed by atoms with Crippen LogP contribution in [0.1, 0.15) is 36.9 Å². The maximum Gasteiger partial charge on any atom is 0.0478 e. The topological polar surface area (TPSA) is 21.3 Å². The average molecular weight is 265 g/mol. The van der Waals surface area contributed by atoms with Crippen molar-refractivity contribution in [1.82, 2.24) is 5.32 Å². The van der Waals surface area contributed by atoms with Gasteiger partial charge in [-0.25, -0.2) is 0 Å². The van der Waals surface area contributed by atoms with Crippen LogP contribution in [0.3, 0.4) is 0 Å². The van der Waals surface area contributed by atoms with Crippen LogP contribution in [0.25, 0.3) is 0 Å². The summed E-state index contributed by atoms with van der Waals surface area (Å²) in [4.78, 5) is 0. The highest BCUT2D eigenvalue weighted by Crippen LogP contribution is 2.31. The van der Waals surface area contributed by atoms with Crippen LogP contribution in [0.5, 0.6) is 0 Å². The van der Waals surface area contributed by atoms with Crippen LogP contribution in [-0.4, -0.2) is 25.5 Å². The summed E-state index contributed by atoms with van der Waals surface area (Å²) in [6, 6.07) is 9.32. The van der Waals surface area contributed by atoms with Crippen molar-refractivity contribution in [3.63, 3.8) is 0 Å². The SMILES string of the molecule is CCCOCCCNC1CSCc2ccccc21. The molecule has 1 atom stereocenters. The zero-order valence-corrected chi connectivity index (χ0v) is 12.0. The summed E-state index contributed by atoms with van der Waals surface area (Å²) in [6.45, 7) is 4.96. The van der Waals surface area contributed by atoms with Gasteiger partial charge in [0.05, 0.1) is 0 Å².